The van der Waals surface area contributed by atoms with E-state index in [1.54, 1.807) is 6.07 Å². The van der Waals surface area contributed by atoms with Crippen LogP contribution in [0.2, 0.25) is 0 Å². The Labute approximate surface area is 96.8 Å². The van der Waals surface area contributed by atoms with Gasteiger partial charge >= 0.3 is 0 Å². The third kappa shape index (κ3) is 4.29. The van der Waals surface area contributed by atoms with E-state index >= 15 is 0 Å². The van der Waals surface area contributed by atoms with Gasteiger partial charge in [-0.2, -0.15) is 0 Å². The third-order valence-electron chi connectivity index (χ3n) is 2.50. The summed E-state index contributed by atoms with van der Waals surface area (Å²) in [7, 11) is 0. The van der Waals surface area contributed by atoms with Gasteiger partial charge in [-0.3, -0.25) is 0 Å². The van der Waals surface area contributed by atoms with Crippen molar-refractivity contribution in [2.45, 2.75) is 33.4 Å². The van der Waals surface area contributed by atoms with Gasteiger partial charge in [0.25, 0.3) is 0 Å². The fourth-order valence-electron chi connectivity index (χ4n) is 1.61. The van der Waals surface area contributed by atoms with Crippen molar-refractivity contribution in [2.75, 3.05) is 13.2 Å². The maximum atomic E-state index is 12.9. The van der Waals surface area contributed by atoms with Crippen molar-refractivity contribution in [3.05, 3.63) is 35.1 Å². The molecule has 90 valence electrons. The lowest BCUT2D eigenvalue weighted by atomic mass is 10.1. The maximum Gasteiger partial charge on any atom is 0.123 e. The minimum Gasteiger partial charge on any atom is -0.377 e. The second-order valence-electron chi connectivity index (χ2n) is 3.97. The standard InChI is InChI=1S/C13H20FNO/c1-4-16-11(3)8-15-9-12-5-6-13(14)7-10(12)2/h5-7,11,15H,4,8-9H2,1-3H3. The zero-order chi connectivity index (χ0) is 12.0. The summed E-state index contributed by atoms with van der Waals surface area (Å²) in [5.74, 6) is -0.177. The second kappa shape index (κ2) is 6.61. The highest BCUT2D eigenvalue weighted by atomic mass is 19.1. The second-order valence-corrected chi connectivity index (χ2v) is 3.97. The number of ether oxygens (including phenoxy) is 1. The van der Waals surface area contributed by atoms with E-state index in [1.807, 2.05) is 26.8 Å². The van der Waals surface area contributed by atoms with E-state index in [0.29, 0.717) is 0 Å². The van der Waals surface area contributed by atoms with Gasteiger partial charge in [0.1, 0.15) is 5.82 Å². The monoisotopic (exact) mass is 225 g/mol. The molecule has 1 aromatic rings. The molecule has 0 radical (unpaired) electrons. The molecule has 1 aromatic carbocycles. The highest BCUT2D eigenvalue weighted by Crippen LogP contribution is 2.09. The molecule has 0 aliphatic heterocycles. The number of aryl methyl sites for hydroxylation is 1. The first-order valence-corrected chi connectivity index (χ1v) is 5.70. The van der Waals surface area contributed by atoms with Crippen LogP contribution in [-0.4, -0.2) is 19.3 Å². The maximum absolute atomic E-state index is 12.9. The van der Waals surface area contributed by atoms with Gasteiger partial charge in [0, 0.05) is 19.7 Å². The van der Waals surface area contributed by atoms with Gasteiger partial charge in [0.2, 0.25) is 0 Å². The van der Waals surface area contributed by atoms with Crippen molar-refractivity contribution in [3.8, 4) is 0 Å². The van der Waals surface area contributed by atoms with E-state index in [-0.39, 0.29) is 11.9 Å². The number of benzene rings is 1. The Bertz CT molecular complexity index is 328. The number of nitrogens with one attached hydrogen (secondary N) is 1. The predicted molar refractivity (Wildman–Crippen MR) is 63.9 cm³/mol. The van der Waals surface area contributed by atoms with Gasteiger partial charge in [0.15, 0.2) is 0 Å². The summed E-state index contributed by atoms with van der Waals surface area (Å²) in [4.78, 5) is 0. The first-order chi connectivity index (χ1) is 7.63. The van der Waals surface area contributed by atoms with Crippen LogP contribution in [0.1, 0.15) is 25.0 Å². The Morgan fingerprint density at radius 2 is 2.19 bits per heavy atom. The quantitative estimate of drug-likeness (QED) is 0.803. The fourth-order valence-corrected chi connectivity index (χ4v) is 1.61. The van der Waals surface area contributed by atoms with Crippen LogP contribution >= 0.6 is 0 Å². The molecular formula is C13H20FNO. The van der Waals surface area contributed by atoms with E-state index in [9.17, 15) is 4.39 Å². The molecule has 16 heavy (non-hydrogen) atoms. The van der Waals surface area contributed by atoms with Crippen molar-refractivity contribution in [3.63, 3.8) is 0 Å². The van der Waals surface area contributed by atoms with Crippen molar-refractivity contribution in [1.29, 1.82) is 0 Å². The molecule has 1 rings (SSSR count). The van der Waals surface area contributed by atoms with E-state index in [0.717, 1.165) is 30.8 Å². The molecule has 0 bridgehead atoms. The normalized spacial score (nSPS) is 12.8. The van der Waals surface area contributed by atoms with Crippen LogP contribution in [0, 0.1) is 12.7 Å². The Kier molecular flexibility index (Phi) is 5.43. The molecular weight excluding hydrogens is 205 g/mol. The molecule has 0 saturated carbocycles. The third-order valence-corrected chi connectivity index (χ3v) is 2.50. The van der Waals surface area contributed by atoms with E-state index < -0.39 is 0 Å². The minimum atomic E-state index is -0.177. The molecule has 0 aromatic heterocycles. The smallest absolute Gasteiger partial charge is 0.123 e. The predicted octanol–water partition coefficient (Wildman–Crippen LogP) is 2.65. The average molecular weight is 225 g/mol. The SMILES string of the molecule is CCOC(C)CNCc1ccc(F)cc1C. The Balaban J connectivity index is 2.37. The van der Waals surface area contributed by atoms with Gasteiger partial charge in [-0.15, -0.1) is 0 Å². The van der Waals surface area contributed by atoms with Crippen LogP contribution in [0.15, 0.2) is 18.2 Å². The van der Waals surface area contributed by atoms with Gasteiger partial charge in [-0.05, 0) is 44.0 Å². The Morgan fingerprint density at radius 1 is 1.44 bits per heavy atom. The number of rotatable bonds is 6. The minimum absolute atomic E-state index is 0.177. The van der Waals surface area contributed by atoms with Crippen LogP contribution in [0.25, 0.3) is 0 Å². The summed E-state index contributed by atoms with van der Waals surface area (Å²) in [6.45, 7) is 8.24. The summed E-state index contributed by atoms with van der Waals surface area (Å²) in [6, 6.07) is 4.88. The average Bonchev–Trinajstić information content (AvgIpc) is 2.22. The highest BCUT2D eigenvalue weighted by Gasteiger charge is 2.02. The van der Waals surface area contributed by atoms with Gasteiger partial charge in [0.05, 0.1) is 6.10 Å². The van der Waals surface area contributed by atoms with Crippen molar-refractivity contribution in [1.82, 2.24) is 5.32 Å². The summed E-state index contributed by atoms with van der Waals surface area (Å²) < 4.78 is 18.3. The van der Waals surface area contributed by atoms with Crippen LogP contribution in [0.3, 0.4) is 0 Å². The molecule has 1 atom stereocenters. The molecule has 3 heteroatoms. The van der Waals surface area contributed by atoms with E-state index in [1.165, 1.54) is 6.07 Å². The lowest BCUT2D eigenvalue weighted by Gasteiger charge is -2.13. The van der Waals surface area contributed by atoms with E-state index in [4.69, 9.17) is 4.74 Å². The number of hydrogen-bond donors (Lipinski definition) is 1. The van der Waals surface area contributed by atoms with Crippen LogP contribution in [0.5, 0.6) is 0 Å². The first kappa shape index (κ1) is 13.1. The van der Waals surface area contributed by atoms with Crippen LogP contribution in [0.4, 0.5) is 4.39 Å². The molecule has 0 aliphatic rings. The van der Waals surface area contributed by atoms with E-state index in [2.05, 4.69) is 5.32 Å². The van der Waals surface area contributed by atoms with Crippen molar-refractivity contribution in [2.24, 2.45) is 0 Å². The van der Waals surface area contributed by atoms with Gasteiger partial charge in [-0.25, -0.2) is 4.39 Å². The summed E-state index contributed by atoms with van der Waals surface area (Å²) >= 11 is 0. The molecule has 0 amide bonds. The molecule has 0 heterocycles. The summed E-state index contributed by atoms with van der Waals surface area (Å²) in [5.41, 5.74) is 2.11. The van der Waals surface area contributed by atoms with Crippen LogP contribution < -0.4 is 5.32 Å². The summed E-state index contributed by atoms with van der Waals surface area (Å²) in [6.07, 6.45) is 0.214. The highest BCUT2D eigenvalue weighted by molar-refractivity contribution is 5.26. The van der Waals surface area contributed by atoms with Crippen LogP contribution in [-0.2, 0) is 11.3 Å². The van der Waals surface area contributed by atoms with Gasteiger partial charge in [-0.1, -0.05) is 6.07 Å². The molecule has 1 N–H and O–H groups in total. The number of halogens is 1. The zero-order valence-corrected chi connectivity index (χ0v) is 10.2. The topological polar surface area (TPSA) is 21.3 Å². The molecule has 0 saturated heterocycles. The molecule has 0 spiro atoms. The lowest BCUT2D eigenvalue weighted by molar-refractivity contribution is 0.0759. The summed E-state index contributed by atoms with van der Waals surface area (Å²) in [5, 5.41) is 3.30. The fraction of sp³-hybridized carbons (Fsp3) is 0.538. The molecule has 0 aliphatic carbocycles. The molecule has 1 unspecified atom stereocenters. The van der Waals surface area contributed by atoms with Crippen molar-refractivity contribution < 1.29 is 9.13 Å². The first-order valence-electron chi connectivity index (χ1n) is 5.70. The molecule has 0 fully saturated rings. The van der Waals surface area contributed by atoms with Crippen molar-refractivity contribution >= 4 is 0 Å². The number of hydrogen-bond acceptors (Lipinski definition) is 2. The zero-order valence-electron chi connectivity index (χ0n) is 10.2. The molecule has 2 nitrogen and oxygen atoms in total. The Hall–Kier alpha value is -0.930. The van der Waals surface area contributed by atoms with Gasteiger partial charge < -0.3 is 10.1 Å². The largest absolute Gasteiger partial charge is 0.377 e. The Morgan fingerprint density at radius 3 is 2.81 bits per heavy atom. The lowest BCUT2D eigenvalue weighted by Crippen LogP contribution is -2.26.